The summed E-state index contributed by atoms with van der Waals surface area (Å²) < 4.78 is 15.2. The van der Waals surface area contributed by atoms with Crippen molar-refractivity contribution in [2.75, 3.05) is 0 Å². The van der Waals surface area contributed by atoms with Crippen LogP contribution in [0.5, 0.6) is 0 Å². The minimum atomic E-state index is -0.479. The second kappa shape index (κ2) is 7.19. The zero-order valence-electron chi connectivity index (χ0n) is 11.2. The normalized spacial score (nSPS) is 11.6. The summed E-state index contributed by atoms with van der Waals surface area (Å²) in [6.07, 6.45) is 0. The highest BCUT2D eigenvalue weighted by atomic mass is 79.9. The van der Waals surface area contributed by atoms with E-state index < -0.39 is 5.82 Å². The van der Waals surface area contributed by atoms with Crippen LogP contribution >= 0.6 is 15.9 Å². The fraction of sp³-hybridized carbons (Fsp3) is 0.133. The Labute approximate surface area is 130 Å². The second-order valence-corrected chi connectivity index (χ2v) is 5.31. The topological polar surface area (TPSA) is 70.6 Å². The van der Waals surface area contributed by atoms with E-state index in [1.54, 1.807) is 12.1 Å². The summed E-state index contributed by atoms with van der Waals surface area (Å²) >= 11 is 3.46. The molecule has 0 saturated carbocycles. The minimum absolute atomic E-state index is 0.0951. The molecule has 0 aliphatic heterocycles. The van der Waals surface area contributed by atoms with Crippen molar-refractivity contribution in [1.82, 2.24) is 5.32 Å². The maximum atomic E-state index is 14.2. The van der Waals surface area contributed by atoms with Crippen LogP contribution in [0.1, 0.15) is 16.7 Å². The molecule has 0 amide bonds. The summed E-state index contributed by atoms with van der Waals surface area (Å²) in [6.45, 7) is 0.953. The van der Waals surface area contributed by atoms with Crippen LogP contribution in [-0.2, 0) is 13.1 Å². The minimum Gasteiger partial charge on any atom is -0.409 e. The van der Waals surface area contributed by atoms with Crippen LogP contribution in [-0.4, -0.2) is 11.0 Å². The predicted octanol–water partition coefficient (Wildman–Crippen LogP) is 2.97. The number of rotatable bonds is 5. The summed E-state index contributed by atoms with van der Waals surface area (Å²) in [7, 11) is 0. The van der Waals surface area contributed by atoms with E-state index in [0.29, 0.717) is 18.7 Å². The van der Waals surface area contributed by atoms with Crippen molar-refractivity contribution in [2.24, 2.45) is 10.9 Å². The van der Waals surface area contributed by atoms with Gasteiger partial charge in [-0.05, 0) is 17.7 Å². The van der Waals surface area contributed by atoms with Gasteiger partial charge in [0.2, 0.25) is 0 Å². The van der Waals surface area contributed by atoms with Gasteiger partial charge in [0.1, 0.15) is 5.82 Å². The number of halogens is 2. The Kier molecular flexibility index (Phi) is 5.30. The Morgan fingerprint density at radius 3 is 2.52 bits per heavy atom. The molecule has 0 bridgehead atoms. The van der Waals surface area contributed by atoms with Crippen molar-refractivity contribution in [3.8, 4) is 0 Å². The van der Waals surface area contributed by atoms with E-state index in [1.165, 1.54) is 6.07 Å². The van der Waals surface area contributed by atoms with E-state index in [1.807, 2.05) is 24.3 Å². The quantitative estimate of drug-likeness (QED) is 0.335. The third-order valence-electron chi connectivity index (χ3n) is 3.05. The number of oxime groups is 1. The SMILES string of the molecule is N/C(=N/O)c1cccc(CNCc2ccccc2Br)c1F. The fourth-order valence-corrected chi connectivity index (χ4v) is 2.37. The number of nitrogens with zero attached hydrogens (tertiary/aromatic N) is 1. The number of nitrogens with two attached hydrogens (primary N) is 1. The van der Waals surface area contributed by atoms with Crippen molar-refractivity contribution < 1.29 is 9.60 Å². The molecular weight excluding hydrogens is 337 g/mol. The zero-order valence-corrected chi connectivity index (χ0v) is 12.8. The average Bonchev–Trinajstić information content (AvgIpc) is 2.50. The first-order valence-electron chi connectivity index (χ1n) is 6.33. The molecular formula is C15H15BrFN3O. The van der Waals surface area contributed by atoms with Crippen LogP contribution < -0.4 is 11.1 Å². The molecule has 2 aromatic carbocycles. The van der Waals surface area contributed by atoms with Gasteiger partial charge in [0.25, 0.3) is 0 Å². The molecule has 0 unspecified atom stereocenters. The molecule has 0 saturated heterocycles. The average molecular weight is 352 g/mol. The maximum Gasteiger partial charge on any atom is 0.173 e. The van der Waals surface area contributed by atoms with Gasteiger partial charge in [0.05, 0.1) is 5.56 Å². The molecule has 0 heterocycles. The molecule has 0 aliphatic rings. The van der Waals surface area contributed by atoms with Crippen LogP contribution in [0.4, 0.5) is 4.39 Å². The molecule has 0 fully saturated rings. The molecule has 0 atom stereocenters. The van der Waals surface area contributed by atoms with Crippen molar-refractivity contribution in [2.45, 2.75) is 13.1 Å². The predicted molar refractivity (Wildman–Crippen MR) is 83.6 cm³/mol. The number of nitrogens with one attached hydrogen (secondary N) is 1. The molecule has 2 rings (SSSR count). The lowest BCUT2D eigenvalue weighted by Gasteiger charge is -2.09. The highest BCUT2D eigenvalue weighted by Gasteiger charge is 2.11. The molecule has 0 spiro atoms. The van der Waals surface area contributed by atoms with Crippen LogP contribution in [0, 0.1) is 5.82 Å². The molecule has 0 aromatic heterocycles. The van der Waals surface area contributed by atoms with Gasteiger partial charge in [0.15, 0.2) is 5.84 Å². The van der Waals surface area contributed by atoms with Crippen molar-refractivity contribution in [3.63, 3.8) is 0 Å². The third kappa shape index (κ3) is 3.80. The van der Waals surface area contributed by atoms with Gasteiger partial charge < -0.3 is 16.3 Å². The number of hydrogen-bond donors (Lipinski definition) is 3. The zero-order chi connectivity index (χ0) is 15.2. The lowest BCUT2D eigenvalue weighted by Crippen LogP contribution is -2.18. The first-order chi connectivity index (χ1) is 10.1. The first-order valence-corrected chi connectivity index (χ1v) is 7.12. The number of hydrogen-bond acceptors (Lipinski definition) is 3. The molecule has 6 heteroatoms. The van der Waals surface area contributed by atoms with E-state index in [4.69, 9.17) is 10.9 Å². The van der Waals surface area contributed by atoms with E-state index in [0.717, 1.165) is 10.0 Å². The Bertz CT molecular complexity index is 661. The van der Waals surface area contributed by atoms with Gasteiger partial charge >= 0.3 is 0 Å². The molecule has 4 N–H and O–H groups in total. The summed E-state index contributed by atoms with van der Waals surface area (Å²) in [5, 5.41) is 14.6. The lowest BCUT2D eigenvalue weighted by atomic mass is 10.1. The number of benzene rings is 2. The maximum absolute atomic E-state index is 14.2. The molecule has 21 heavy (non-hydrogen) atoms. The monoisotopic (exact) mass is 351 g/mol. The van der Waals surface area contributed by atoms with E-state index >= 15 is 0 Å². The molecule has 110 valence electrons. The second-order valence-electron chi connectivity index (χ2n) is 4.46. The Morgan fingerprint density at radius 1 is 1.14 bits per heavy atom. The Hall–Kier alpha value is -1.92. The largest absolute Gasteiger partial charge is 0.409 e. The van der Waals surface area contributed by atoms with Crippen molar-refractivity contribution in [3.05, 3.63) is 69.4 Å². The standard InChI is InChI=1S/C15H15BrFN3O/c16-13-7-2-1-4-10(13)8-19-9-11-5-3-6-12(14(11)17)15(18)20-21/h1-7,19,21H,8-9H2,(H2,18,20). The molecule has 0 radical (unpaired) electrons. The number of amidine groups is 1. The molecule has 0 aliphatic carbocycles. The van der Waals surface area contributed by atoms with Crippen molar-refractivity contribution >= 4 is 21.8 Å². The van der Waals surface area contributed by atoms with Crippen LogP contribution in [0.2, 0.25) is 0 Å². The molecule has 4 nitrogen and oxygen atoms in total. The van der Waals surface area contributed by atoms with Crippen LogP contribution in [0.3, 0.4) is 0 Å². The first kappa shape index (κ1) is 15.5. The lowest BCUT2D eigenvalue weighted by molar-refractivity contribution is 0.318. The van der Waals surface area contributed by atoms with E-state index in [2.05, 4.69) is 26.4 Å². The summed E-state index contributed by atoms with van der Waals surface area (Å²) in [6, 6.07) is 12.6. The summed E-state index contributed by atoms with van der Waals surface area (Å²) in [5.74, 6) is -0.715. The van der Waals surface area contributed by atoms with Gasteiger partial charge in [-0.3, -0.25) is 0 Å². The highest BCUT2D eigenvalue weighted by Crippen LogP contribution is 2.16. The Morgan fingerprint density at radius 2 is 1.81 bits per heavy atom. The third-order valence-corrected chi connectivity index (χ3v) is 3.82. The van der Waals surface area contributed by atoms with Crippen LogP contribution in [0.15, 0.2) is 52.1 Å². The van der Waals surface area contributed by atoms with Gasteiger partial charge in [-0.25, -0.2) is 4.39 Å². The van der Waals surface area contributed by atoms with Crippen molar-refractivity contribution in [1.29, 1.82) is 0 Å². The highest BCUT2D eigenvalue weighted by molar-refractivity contribution is 9.10. The van der Waals surface area contributed by atoms with Gasteiger partial charge in [-0.1, -0.05) is 51.4 Å². The van der Waals surface area contributed by atoms with Crippen LogP contribution in [0.25, 0.3) is 0 Å². The van der Waals surface area contributed by atoms with Gasteiger partial charge in [-0.2, -0.15) is 0 Å². The van der Waals surface area contributed by atoms with Gasteiger partial charge in [0, 0.05) is 23.1 Å². The smallest absolute Gasteiger partial charge is 0.173 e. The van der Waals surface area contributed by atoms with Gasteiger partial charge in [-0.15, -0.1) is 0 Å². The van der Waals surface area contributed by atoms with E-state index in [9.17, 15) is 4.39 Å². The molecule has 2 aromatic rings. The summed E-state index contributed by atoms with van der Waals surface area (Å²) in [5.41, 5.74) is 7.08. The fourth-order valence-electron chi connectivity index (χ4n) is 1.94. The summed E-state index contributed by atoms with van der Waals surface area (Å²) in [4.78, 5) is 0. The van der Waals surface area contributed by atoms with E-state index in [-0.39, 0.29) is 11.4 Å². The Balaban J connectivity index is 2.06.